The molecule has 1 aromatic heterocycles. The number of methoxy groups -OCH3 is 1. The first-order chi connectivity index (χ1) is 14.5. The van der Waals surface area contributed by atoms with Crippen molar-refractivity contribution in [3.63, 3.8) is 0 Å². The lowest BCUT2D eigenvalue weighted by Gasteiger charge is -2.12. The molecule has 0 radical (unpaired) electrons. The van der Waals surface area contributed by atoms with Gasteiger partial charge in [-0.1, -0.05) is 18.2 Å². The number of aromatic nitrogens is 2. The van der Waals surface area contributed by atoms with Gasteiger partial charge in [-0.05, 0) is 29.8 Å². The smallest absolute Gasteiger partial charge is 0.433 e. The number of benzene rings is 2. The van der Waals surface area contributed by atoms with Crippen LogP contribution < -0.4 is 9.88 Å². The number of hydrogen-bond donors (Lipinski definition) is 1. The van der Waals surface area contributed by atoms with Gasteiger partial charge in [0.1, 0.15) is 12.2 Å². The molecule has 2 N–H and O–H groups in total. The molecule has 3 rings (SSSR count). The Kier molecular flexibility index (Phi) is 5.75. The van der Waals surface area contributed by atoms with E-state index in [1.54, 1.807) is 6.07 Å². The number of ether oxygens (including phenoxy) is 1. The van der Waals surface area contributed by atoms with Crippen LogP contribution in [0.1, 0.15) is 5.69 Å². The Hall–Kier alpha value is -3.43. The average molecular weight is 454 g/mol. The second-order valence-electron chi connectivity index (χ2n) is 6.30. The van der Waals surface area contributed by atoms with Crippen LogP contribution in [0.4, 0.5) is 17.6 Å². The monoisotopic (exact) mass is 454 g/mol. The van der Waals surface area contributed by atoms with Crippen LogP contribution in [-0.2, 0) is 22.7 Å². The lowest BCUT2D eigenvalue weighted by Crippen LogP contribution is -2.15. The van der Waals surface area contributed by atoms with Gasteiger partial charge in [-0.3, -0.25) is 0 Å². The van der Waals surface area contributed by atoms with Crippen molar-refractivity contribution in [2.24, 2.45) is 5.14 Å². The number of nitrogens with two attached hydrogens (primary N) is 1. The maximum Gasteiger partial charge on any atom is 0.433 e. The Morgan fingerprint density at radius 2 is 1.77 bits per heavy atom. The average Bonchev–Trinajstić information content (AvgIpc) is 3.07. The summed E-state index contributed by atoms with van der Waals surface area (Å²) in [6.45, 7) is -0.713. The molecule has 0 amide bonds. The summed E-state index contributed by atoms with van der Waals surface area (Å²) in [5, 5.41) is 17.9. The molecular formula is C19H14F4N4O3S. The van der Waals surface area contributed by atoms with Crippen LogP contribution in [0.3, 0.4) is 0 Å². The molecule has 0 aliphatic rings. The lowest BCUT2D eigenvalue weighted by atomic mass is 9.98. The van der Waals surface area contributed by atoms with Crippen LogP contribution in [0.15, 0.2) is 47.4 Å². The molecule has 12 heteroatoms. The van der Waals surface area contributed by atoms with Gasteiger partial charge in [0.25, 0.3) is 0 Å². The molecule has 0 aliphatic carbocycles. The molecular weight excluding hydrogens is 440 g/mol. The molecule has 0 unspecified atom stereocenters. The van der Waals surface area contributed by atoms with Gasteiger partial charge in [0.2, 0.25) is 10.0 Å². The number of hydrogen-bond acceptors (Lipinski definition) is 5. The summed E-state index contributed by atoms with van der Waals surface area (Å²) in [6, 6.07) is 9.54. The Morgan fingerprint density at radius 3 is 2.26 bits per heavy atom. The van der Waals surface area contributed by atoms with Crippen LogP contribution in [-0.4, -0.2) is 25.3 Å². The molecule has 1 heterocycles. The second kappa shape index (κ2) is 8.01. The normalized spacial score (nSPS) is 11.9. The summed E-state index contributed by atoms with van der Waals surface area (Å²) < 4.78 is 84.3. The van der Waals surface area contributed by atoms with E-state index in [2.05, 4.69) is 5.10 Å². The summed E-state index contributed by atoms with van der Waals surface area (Å²) >= 11 is 0. The van der Waals surface area contributed by atoms with Gasteiger partial charge in [-0.15, -0.1) is 0 Å². The standard InChI is InChI=1S/C19H14F4N4O3S/c1-30-15-7-4-12(10-14(15)20)16-17(11-2-5-13(6-3-11)31(25,28)29)26-27(9-8-24)18(16)19(21,22)23/h2-7,10H,9H2,1H3,(H2,25,28,29). The van der Waals surface area contributed by atoms with Crippen molar-refractivity contribution < 1.29 is 30.7 Å². The Bertz CT molecular complexity index is 1280. The van der Waals surface area contributed by atoms with E-state index in [-0.39, 0.29) is 27.5 Å². The number of sulfonamides is 1. The number of nitriles is 1. The van der Waals surface area contributed by atoms with Gasteiger partial charge < -0.3 is 4.74 Å². The number of primary sulfonamides is 1. The highest BCUT2D eigenvalue weighted by molar-refractivity contribution is 7.89. The molecule has 7 nitrogen and oxygen atoms in total. The Balaban J connectivity index is 2.33. The fourth-order valence-electron chi connectivity index (χ4n) is 3.03. The maximum absolute atomic E-state index is 14.3. The third-order valence-corrected chi connectivity index (χ3v) is 5.27. The molecule has 0 saturated carbocycles. The summed E-state index contributed by atoms with van der Waals surface area (Å²) in [6.07, 6.45) is -4.92. The third kappa shape index (κ3) is 4.37. The fraction of sp³-hybridized carbons (Fsp3) is 0.158. The number of rotatable bonds is 5. The number of halogens is 4. The minimum Gasteiger partial charge on any atom is -0.494 e. The molecule has 0 fully saturated rings. The van der Waals surface area contributed by atoms with Gasteiger partial charge in [-0.2, -0.15) is 23.5 Å². The Labute approximate surface area is 174 Å². The van der Waals surface area contributed by atoms with Crippen molar-refractivity contribution in [1.29, 1.82) is 5.26 Å². The lowest BCUT2D eigenvalue weighted by molar-refractivity contribution is -0.143. The van der Waals surface area contributed by atoms with E-state index in [0.717, 1.165) is 18.2 Å². The van der Waals surface area contributed by atoms with Crippen LogP contribution in [0.5, 0.6) is 5.75 Å². The van der Waals surface area contributed by atoms with E-state index >= 15 is 0 Å². The van der Waals surface area contributed by atoms with E-state index in [1.165, 1.54) is 31.4 Å². The second-order valence-corrected chi connectivity index (χ2v) is 7.87. The fourth-order valence-corrected chi connectivity index (χ4v) is 3.55. The maximum atomic E-state index is 14.3. The zero-order chi connectivity index (χ0) is 23.0. The van der Waals surface area contributed by atoms with Crippen molar-refractivity contribution in [2.75, 3.05) is 7.11 Å². The predicted molar refractivity (Wildman–Crippen MR) is 102 cm³/mol. The first-order valence-corrected chi connectivity index (χ1v) is 10.0. The van der Waals surface area contributed by atoms with E-state index in [9.17, 15) is 26.0 Å². The Morgan fingerprint density at radius 1 is 1.16 bits per heavy atom. The molecule has 0 aliphatic heterocycles. The molecule has 0 saturated heterocycles. The largest absolute Gasteiger partial charge is 0.494 e. The zero-order valence-corrected chi connectivity index (χ0v) is 16.6. The number of nitrogens with zero attached hydrogens (tertiary/aromatic N) is 3. The third-order valence-electron chi connectivity index (χ3n) is 4.34. The molecule has 0 atom stereocenters. The minimum absolute atomic E-state index is 0.112. The van der Waals surface area contributed by atoms with E-state index in [4.69, 9.17) is 15.1 Å². The van der Waals surface area contributed by atoms with Gasteiger partial charge in [0, 0.05) is 11.1 Å². The van der Waals surface area contributed by atoms with Crippen molar-refractivity contribution in [1.82, 2.24) is 9.78 Å². The molecule has 162 valence electrons. The topological polar surface area (TPSA) is 111 Å². The zero-order valence-electron chi connectivity index (χ0n) is 15.8. The molecule has 0 bridgehead atoms. The van der Waals surface area contributed by atoms with Crippen LogP contribution in [0, 0.1) is 17.1 Å². The van der Waals surface area contributed by atoms with Crippen LogP contribution in [0.2, 0.25) is 0 Å². The van der Waals surface area contributed by atoms with Crippen molar-refractivity contribution in [3.8, 4) is 34.2 Å². The van der Waals surface area contributed by atoms with Crippen LogP contribution in [0.25, 0.3) is 22.4 Å². The van der Waals surface area contributed by atoms with Crippen LogP contribution >= 0.6 is 0 Å². The van der Waals surface area contributed by atoms with Crippen molar-refractivity contribution in [3.05, 3.63) is 54.0 Å². The summed E-state index contributed by atoms with van der Waals surface area (Å²) in [5.74, 6) is -1.06. The molecule has 0 spiro atoms. The summed E-state index contributed by atoms with van der Waals surface area (Å²) in [5.41, 5.74) is -1.97. The van der Waals surface area contributed by atoms with Crippen molar-refractivity contribution in [2.45, 2.75) is 17.6 Å². The highest BCUT2D eigenvalue weighted by atomic mass is 32.2. The molecule has 3 aromatic rings. The van der Waals surface area contributed by atoms with E-state index in [1.807, 2.05) is 0 Å². The highest BCUT2D eigenvalue weighted by Crippen LogP contribution is 2.43. The van der Waals surface area contributed by atoms with Gasteiger partial charge in [-0.25, -0.2) is 22.6 Å². The first-order valence-electron chi connectivity index (χ1n) is 8.49. The predicted octanol–water partition coefficient (Wildman–Crippen LogP) is 3.55. The van der Waals surface area contributed by atoms with Gasteiger partial charge >= 0.3 is 6.18 Å². The van der Waals surface area contributed by atoms with Gasteiger partial charge in [0.15, 0.2) is 17.3 Å². The molecule has 31 heavy (non-hydrogen) atoms. The number of alkyl halides is 3. The highest BCUT2D eigenvalue weighted by Gasteiger charge is 2.40. The SMILES string of the molecule is COc1ccc(-c2c(-c3ccc(S(N)(=O)=O)cc3)nn(CC#N)c2C(F)(F)F)cc1F. The van der Waals surface area contributed by atoms with Gasteiger partial charge in [0.05, 0.1) is 18.1 Å². The van der Waals surface area contributed by atoms with E-state index < -0.39 is 39.8 Å². The van der Waals surface area contributed by atoms with Crippen molar-refractivity contribution >= 4 is 10.0 Å². The molecule has 2 aromatic carbocycles. The minimum atomic E-state index is -4.92. The quantitative estimate of drug-likeness (QED) is 0.593. The first kappa shape index (κ1) is 22.3. The summed E-state index contributed by atoms with van der Waals surface area (Å²) in [7, 11) is -2.81. The van der Waals surface area contributed by atoms with E-state index in [0.29, 0.717) is 4.68 Å². The summed E-state index contributed by atoms with van der Waals surface area (Å²) in [4.78, 5) is -0.249.